The predicted octanol–water partition coefficient (Wildman–Crippen LogP) is 1.63. The van der Waals surface area contributed by atoms with Crippen LogP contribution >= 0.6 is 0 Å². The second kappa shape index (κ2) is 10.5. The fourth-order valence-corrected chi connectivity index (χ4v) is 1.28. The molecule has 6 nitrogen and oxygen atoms in total. The monoisotopic (exact) mass is 304 g/mol. The predicted molar refractivity (Wildman–Crippen MR) is 77.7 cm³/mol. The van der Waals surface area contributed by atoms with E-state index in [0.29, 0.717) is 6.26 Å². The fourth-order valence-electron chi connectivity index (χ4n) is 1.28. The van der Waals surface area contributed by atoms with Crippen LogP contribution < -0.4 is 10.5 Å². The number of ether oxygens (including phenoxy) is 2. The van der Waals surface area contributed by atoms with E-state index in [-0.39, 0.29) is 0 Å². The third-order valence-electron chi connectivity index (χ3n) is 2.14. The van der Waals surface area contributed by atoms with Gasteiger partial charge in [-0.1, -0.05) is 0 Å². The molecular formula is C13H22NO5S-. The van der Waals surface area contributed by atoms with E-state index >= 15 is 0 Å². The zero-order valence-electron chi connectivity index (χ0n) is 11.9. The van der Waals surface area contributed by atoms with E-state index < -0.39 is 10.1 Å². The summed E-state index contributed by atoms with van der Waals surface area (Å²) in [6, 6.07) is 7.48. The number of nitrogen functional groups attached to an aromatic ring is 1. The van der Waals surface area contributed by atoms with Crippen molar-refractivity contribution in [1.29, 1.82) is 0 Å². The molecule has 1 aromatic rings. The molecule has 0 fully saturated rings. The summed E-state index contributed by atoms with van der Waals surface area (Å²) in [4.78, 5) is 0. The van der Waals surface area contributed by atoms with E-state index in [1.807, 2.05) is 24.3 Å². The van der Waals surface area contributed by atoms with Gasteiger partial charge in [0.15, 0.2) is 0 Å². The number of rotatable bonds is 7. The van der Waals surface area contributed by atoms with Gasteiger partial charge in [0.2, 0.25) is 0 Å². The van der Waals surface area contributed by atoms with E-state index in [1.165, 1.54) is 0 Å². The van der Waals surface area contributed by atoms with Gasteiger partial charge in [0.1, 0.15) is 5.75 Å². The van der Waals surface area contributed by atoms with Gasteiger partial charge in [-0.3, -0.25) is 0 Å². The maximum atomic E-state index is 9.08. The third-order valence-corrected chi connectivity index (χ3v) is 2.14. The van der Waals surface area contributed by atoms with Gasteiger partial charge >= 0.3 is 0 Å². The SMILES string of the molecule is COCCCCCOc1ccc(N)cc1.CS(=O)(=O)[O-]. The third kappa shape index (κ3) is 14.7. The molecule has 0 aliphatic heterocycles. The highest BCUT2D eigenvalue weighted by Gasteiger charge is 1.93. The van der Waals surface area contributed by atoms with Crippen molar-refractivity contribution in [3.63, 3.8) is 0 Å². The summed E-state index contributed by atoms with van der Waals surface area (Å²) < 4.78 is 37.7. The Morgan fingerprint density at radius 2 is 1.60 bits per heavy atom. The van der Waals surface area contributed by atoms with Crippen molar-refractivity contribution in [3.8, 4) is 5.75 Å². The molecule has 0 spiro atoms. The van der Waals surface area contributed by atoms with Crippen LogP contribution in [0.5, 0.6) is 5.75 Å². The number of hydrogen-bond acceptors (Lipinski definition) is 6. The molecule has 0 atom stereocenters. The zero-order valence-corrected chi connectivity index (χ0v) is 12.7. The summed E-state index contributed by atoms with van der Waals surface area (Å²) in [6.07, 6.45) is 3.91. The van der Waals surface area contributed by atoms with Gasteiger partial charge in [0, 0.05) is 25.7 Å². The summed E-state index contributed by atoms with van der Waals surface area (Å²) in [7, 11) is -2.19. The van der Waals surface area contributed by atoms with Crippen molar-refractivity contribution in [2.75, 3.05) is 32.3 Å². The smallest absolute Gasteiger partial charge is 0.119 e. The summed E-state index contributed by atoms with van der Waals surface area (Å²) in [5.74, 6) is 0.885. The van der Waals surface area contributed by atoms with Crippen LogP contribution in [0.25, 0.3) is 0 Å². The highest BCUT2D eigenvalue weighted by atomic mass is 32.2. The molecule has 0 radical (unpaired) electrons. The average Bonchev–Trinajstić information content (AvgIpc) is 2.34. The first-order valence-electron chi connectivity index (χ1n) is 6.21. The van der Waals surface area contributed by atoms with Crippen molar-refractivity contribution in [2.45, 2.75) is 19.3 Å². The molecule has 1 rings (SSSR count). The van der Waals surface area contributed by atoms with E-state index in [4.69, 9.17) is 28.2 Å². The van der Waals surface area contributed by atoms with Crippen LogP contribution in [0.1, 0.15) is 19.3 Å². The number of nitrogens with two attached hydrogens (primary N) is 1. The Balaban J connectivity index is 0.000000621. The number of unbranched alkanes of at least 4 members (excludes halogenated alkanes) is 2. The minimum Gasteiger partial charge on any atom is -0.748 e. The van der Waals surface area contributed by atoms with Crippen molar-refractivity contribution >= 4 is 15.8 Å². The van der Waals surface area contributed by atoms with Crippen molar-refractivity contribution < 1.29 is 22.4 Å². The Hall–Kier alpha value is -1.31. The first-order valence-corrected chi connectivity index (χ1v) is 8.02. The van der Waals surface area contributed by atoms with Crippen LogP contribution in [0.15, 0.2) is 24.3 Å². The van der Waals surface area contributed by atoms with E-state index in [9.17, 15) is 0 Å². The Labute approximate surface area is 120 Å². The summed E-state index contributed by atoms with van der Waals surface area (Å²) in [5.41, 5.74) is 6.33. The molecule has 0 aliphatic rings. The van der Waals surface area contributed by atoms with Crippen molar-refractivity contribution in [3.05, 3.63) is 24.3 Å². The van der Waals surface area contributed by atoms with E-state index in [2.05, 4.69) is 0 Å². The van der Waals surface area contributed by atoms with Gasteiger partial charge in [-0.05, 0) is 43.5 Å². The molecule has 0 bridgehead atoms. The number of anilines is 1. The quantitative estimate of drug-likeness (QED) is 0.466. The molecule has 2 N–H and O–H groups in total. The Morgan fingerprint density at radius 1 is 1.10 bits per heavy atom. The maximum absolute atomic E-state index is 9.08. The van der Waals surface area contributed by atoms with Crippen LogP contribution in [-0.2, 0) is 14.9 Å². The molecule has 0 saturated carbocycles. The molecule has 7 heteroatoms. The molecule has 0 unspecified atom stereocenters. The number of benzene rings is 1. The lowest BCUT2D eigenvalue weighted by Crippen LogP contribution is -1.98. The molecular weight excluding hydrogens is 282 g/mol. The second-order valence-electron chi connectivity index (χ2n) is 4.18. The van der Waals surface area contributed by atoms with Crippen molar-refractivity contribution in [2.24, 2.45) is 0 Å². The first kappa shape index (κ1) is 18.7. The topological polar surface area (TPSA) is 102 Å². The Morgan fingerprint density at radius 3 is 2.10 bits per heavy atom. The Bertz CT molecular complexity index is 436. The molecule has 20 heavy (non-hydrogen) atoms. The van der Waals surface area contributed by atoms with Crippen LogP contribution in [0.2, 0.25) is 0 Å². The highest BCUT2D eigenvalue weighted by molar-refractivity contribution is 7.84. The van der Waals surface area contributed by atoms with Crippen LogP contribution in [-0.4, -0.2) is 39.5 Å². The van der Waals surface area contributed by atoms with Gasteiger partial charge < -0.3 is 19.8 Å². The zero-order chi connectivity index (χ0) is 15.4. The molecule has 0 heterocycles. The van der Waals surface area contributed by atoms with Gasteiger partial charge in [-0.25, -0.2) is 8.42 Å². The number of methoxy groups -OCH3 is 1. The normalized spacial score (nSPS) is 10.6. The van der Waals surface area contributed by atoms with E-state index in [0.717, 1.165) is 43.9 Å². The van der Waals surface area contributed by atoms with Crippen molar-refractivity contribution in [1.82, 2.24) is 0 Å². The fraction of sp³-hybridized carbons (Fsp3) is 0.538. The lowest BCUT2D eigenvalue weighted by atomic mass is 10.2. The Kier molecular flexibility index (Phi) is 9.79. The summed E-state index contributed by atoms with van der Waals surface area (Å²) >= 11 is 0. The van der Waals surface area contributed by atoms with Gasteiger partial charge in [0.25, 0.3) is 0 Å². The first-order chi connectivity index (χ1) is 9.33. The molecule has 0 amide bonds. The molecule has 116 valence electrons. The summed E-state index contributed by atoms with van der Waals surface area (Å²) in [5, 5.41) is 0. The molecule has 1 aromatic carbocycles. The average molecular weight is 304 g/mol. The maximum Gasteiger partial charge on any atom is 0.119 e. The van der Waals surface area contributed by atoms with Crippen LogP contribution in [0.3, 0.4) is 0 Å². The largest absolute Gasteiger partial charge is 0.748 e. The lowest BCUT2D eigenvalue weighted by Gasteiger charge is -2.05. The summed E-state index contributed by atoms with van der Waals surface area (Å²) in [6.45, 7) is 1.59. The standard InChI is InChI=1S/C12H19NO2.CH4O3S/c1-14-9-3-2-4-10-15-12-7-5-11(13)6-8-12;1-5(2,3)4/h5-8H,2-4,9-10,13H2,1H3;1H3,(H,2,3,4)/p-1. The van der Waals surface area contributed by atoms with Gasteiger partial charge in [-0.15, -0.1) is 0 Å². The molecule has 0 aromatic heterocycles. The van der Waals surface area contributed by atoms with E-state index in [1.54, 1.807) is 7.11 Å². The second-order valence-corrected chi connectivity index (χ2v) is 5.58. The lowest BCUT2D eigenvalue weighted by molar-refractivity contribution is 0.189. The minimum atomic E-state index is -3.92. The minimum absolute atomic E-state index is 0.604. The van der Waals surface area contributed by atoms with Gasteiger partial charge in [-0.2, -0.15) is 0 Å². The molecule has 0 aliphatic carbocycles. The number of hydrogen-bond donors (Lipinski definition) is 1. The highest BCUT2D eigenvalue weighted by Crippen LogP contribution is 2.13. The van der Waals surface area contributed by atoms with Crippen LogP contribution in [0, 0.1) is 0 Å². The molecule has 0 saturated heterocycles. The van der Waals surface area contributed by atoms with Crippen LogP contribution in [0.4, 0.5) is 5.69 Å². The van der Waals surface area contributed by atoms with Gasteiger partial charge in [0.05, 0.1) is 16.7 Å².